The molecule has 0 N–H and O–H groups in total. The first-order valence-electron chi connectivity index (χ1n) is 8.75. The predicted octanol–water partition coefficient (Wildman–Crippen LogP) is 2.31. The molecule has 2 aliphatic rings. The maximum atomic E-state index is 12.1. The van der Waals surface area contributed by atoms with Crippen molar-refractivity contribution in [3.8, 4) is 23.0 Å². The summed E-state index contributed by atoms with van der Waals surface area (Å²) < 4.78 is 25.9. The summed E-state index contributed by atoms with van der Waals surface area (Å²) >= 11 is 0. The van der Waals surface area contributed by atoms with Gasteiger partial charge in [-0.25, -0.2) is 4.79 Å². The van der Waals surface area contributed by atoms with Crippen molar-refractivity contribution in [2.75, 3.05) is 26.8 Å². The van der Waals surface area contributed by atoms with Crippen LogP contribution in [-0.2, 0) is 14.4 Å². The maximum Gasteiger partial charge on any atom is 0.347 e. The lowest BCUT2D eigenvalue weighted by molar-refractivity contribution is -0.147. The SMILES string of the molecule is C/C(=N\OCC(=O)OCC(=O)c1ccc2c(c1)OCO2)c1ccc2c(c1)OCO2. The van der Waals surface area contributed by atoms with Crippen LogP contribution in [0.2, 0.25) is 0 Å². The summed E-state index contributed by atoms with van der Waals surface area (Å²) in [5.74, 6) is 1.27. The van der Waals surface area contributed by atoms with Gasteiger partial charge in [-0.05, 0) is 43.3 Å². The molecule has 0 atom stereocenters. The number of hydrogen-bond acceptors (Lipinski definition) is 9. The van der Waals surface area contributed by atoms with Gasteiger partial charge in [-0.2, -0.15) is 0 Å². The summed E-state index contributed by atoms with van der Waals surface area (Å²) in [7, 11) is 0. The quantitative estimate of drug-likeness (QED) is 0.303. The van der Waals surface area contributed by atoms with E-state index in [-0.39, 0.29) is 19.4 Å². The van der Waals surface area contributed by atoms with Crippen molar-refractivity contribution in [1.82, 2.24) is 0 Å². The number of ketones is 1. The fraction of sp³-hybridized carbons (Fsp3) is 0.250. The topological polar surface area (TPSA) is 102 Å². The van der Waals surface area contributed by atoms with E-state index in [9.17, 15) is 9.59 Å². The number of carbonyl (C=O) groups excluding carboxylic acids is 2. The zero-order valence-corrected chi connectivity index (χ0v) is 15.5. The van der Waals surface area contributed by atoms with Crippen molar-refractivity contribution >= 4 is 17.5 Å². The Hall–Kier alpha value is -3.75. The molecule has 0 saturated carbocycles. The molecule has 4 rings (SSSR count). The van der Waals surface area contributed by atoms with Crippen LogP contribution >= 0.6 is 0 Å². The number of carbonyl (C=O) groups is 2. The minimum absolute atomic E-state index is 0.117. The van der Waals surface area contributed by atoms with E-state index < -0.39 is 19.2 Å². The smallest absolute Gasteiger partial charge is 0.347 e. The highest BCUT2D eigenvalue weighted by Crippen LogP contribution is 2.33. The first kappa shape index (κ1) is 18.6. The third-order valence-corrected chi connectivity index (χ3v) is 4.23. The summed E-state index contributed by atoms with van der Waals surface area (Å²) in [5, 5.41) is 3.89. The third-order valence-electron chi connectivity index (χ3n) is 4.23. The Morgan fingerprint density at radius 3 is 2.14 bits per heavy atom. The van der Waals surface area contributed by atoms with Crippen LogP contribution in [0, 0.1) is 0 Å². The molecule has 2 aromatic rings. The van der Waals surface area contributed by atoms with Crippen LogP contribution in [0.25, 0.3) is 0 Å². The number of Topliss-reactive ketones (excluding diaryl/α,β-unsaturated/α-hetero) is 1. The van der Waals surface area contributed by atoms with Gasteiger partial charge < -0.3 is 28.5 Å². The molecule has 0 radical (unpaired) electrons. The molecule has 0 saturated heterocycles. The molecule has 0 spiro atoms. The highest BCUT2D eigenvalue weighted by molar-refractivity contribution is 5.99. The van der Waals surface area contributed by atoms with Crippen LogP contribution in [0.3, 0.4) is 0 Å². The molecule has 9 heteroatoms. The van der Waals surface area contributed by atoms with Gasteiger partial charge in [0.25, 0.3) is 0 Å². The van der Waals surface area contributed by atoms with Crippen LogP contribution in [-0.4, -0.2) is 44.3 Å². The zero-order chi connectivity index (χ0) is 20.2. The Labute approximate surface area is 165 Å². The lowest BCUT2D eigenvalue weighted by Gasteiger charge is -2.06. The molecule has 0 bridgehead atoms. The second-order valence-electron chi connectivity index (χ2n) is 6.17. The summed E-state index contributed by atoms with van der Waals surface area (Å²) in [4.78, 5) is 29.0. The van der Waals surface area contributed by atoms with E-state index in [0.717, 1.165) is 5.56 Å². The predicted molar refractivity (Wildman–Crippen MR) is 98.6 cm³/mol. The van der Waals surface area contributed by atoms with Gasteiger partial charge in [0.05, 0.1) is 5.71 Å². The summed E-state index contributed by atoms with van der Waals surface area (Å²) in [6, 6.07) is 10.1. The molecule has 2 aromatic carbocycles. The van der Waals surface area contributed by atoms with E-state index in [1.54, 1.807) is 43.3 Å². The standard InChI is InChI=1S/C20H17NO8/c1-12(13-2-4-16-18(6-13)27-10-25-16)21-29-9-20(23)24-8-15(22)14-3-5-17-19(7-14)28-11-26-17/h2-7H,8-11H2,1H3/b21-12+. The Kier molecular flexibility index (Phi) is 5.19. The Bertz CT molecular complexity index is 984. The molecule has 0 aromatic heterocycles. The van der Waals surface area contributed by atoms with E-state index in [1.807, 2.05) is 0 Å². The van der Waals surface area contributed by atoms with Gasteiger partial charge in [0, 0.05) is 11.1 Å². The van der Waals surface area contributed by atoms with E-state index >= 15 is 0 Å². The van der Waals surface area contributed by atoms with Crippen molar-refractivity contribution < 1.29 is 38.1 Å². The average Bonchev–Trinajstić information content (AvgIpc) is 3.39. The van der Waals surface area contributed by atoms with Gasteiger partial charge in [-0.1, -0.05) is 5.16 Å². The number of ether oxygens (including phenoxy) is 5. The van der Waals surface area contributed by atoms with E-state index in [1.165, 1.54) is 0 Å². The van der Waals surface area contributed by atoms with Crippen molar-refractivity contribution in [3.05, 3.63) is 47.5 Å². The van der Waals surface area contributed by atoms with Gasteiger partial charge in [0.2, 0.25) is 20.2 Å². The number of fused-ring (bicyclic) bond motifs is 2. The molecule has 2 heterocycles. The van der Waals surface area contributed by atoms with Crippen molar-refractivity contribution in [2.45, 2.75) is 6.92 Å². The van der Waals surface area contributed by atoms with Gasteiger partial charge in [0.15, 0.2) is 35.4 Å². The summed E-state index contributed by atoms with van der Waals surface area (Å²) in [6.45, 7) is 1.20. The van der Waals surface area contributed by atoms with Crippen LogP contribution in [0.15, 0.2) is 41.6 Å². The number of oxime groups is 1. The Morgan fingerprint density at radius 2 is 1.45 bits per heavy atom. The maximum absolute atomic E-state index is 12.1. The van der Waals surface area contributed by atoms with E-state index in [4.69, 9.17) is 28.5 Å². The Morgan fingerprint density at radius 1 is 0.862 bits per heavy atom. The Balaban J connectivity index is 1.24. The van der Waals surface area contributed by atoms with Gasteiger partial charge in [0.1, 0.15) is 0 Å². The third kappa shape index (κ3) is 4.23. The lowest BCUT2D eigenvalue weighted by atomic mass is 10.1. The van der Waals surface area contributed by atoms with Crippen LogP contribution < -0.4 is 18.9 Å². The fourth-order valence-corrected chi connectivity index (χ4v) is 2.70. The summed E-state index contributed by atoms with van der Waals surface area (Å²) in [5.41, 5.74) is 1.67. The molecule has 150 valence electrons. The molecule has 2 aliphatic heterocycles. The van der Waals surface area contributed by atoms with Crippen LogP contribution in [0.5, 0.6) is 23.0 Å². The van der Waals surface area contributed by atoms with Gasteiger partial charge in [-0.15, -0.1) is 0 Å². The normalized spacial score (nSPS) is 13.9. The minimum Gasteiger partial charge on any atom is -0.455 e. The highest BCUT2D eigenvalue weighted by Gasteiger charge is 2.18. The molecule has 0 aliphatic carbocycles. The number of hydrogen-bond donors (Lipinski definition) is 0. The number of benzene rings is 2. The monoisotopic (exact) mass is 399 g/mol. The van der Waals surface area contributed by atoms with Crippen molar-refractivity contribution in [3.63, 3.8) is 0 Å². The molecule has 0 fully saturated rings. The molecule has 0 unspecified atom stereocenters. The van der Waals surface area contributed by atoms with Crippen molar-refractivity contribution in [1.29, 1.82) is 0 Å². The minimum atomic E-state index is -0.707. The first-order chi connectivity index (χ1) is 14.1. The number of esters is 1. The van der Waals surface area contributed by atoms with Gasteiger partial charge >= 0.3 is 5.97 Å². The molecule has 29 heavy (non-hydrogen) atoms. The average molecular weight is 399 g/mol. The molecular formula is C20H17NO8. The fourth-order valence-electron chi connectivity index (χ4n) is 2.70. The molecule has 0 amide bonds. The van der Waals surface area contributed by atoms with Crippen molar-refractivity contribution in [2.24, 2.45) is 5.16 Å². The number of rotatable bonds is 7. The van der Waals surface area contributed by atoms with Crippen LogP contribution in [0.4, 0.5) is 0 Å². The van der Waals surface area contributed by atoms with Gasteiger partial charge in [-0.3, -0.25) is 4.79 Å². The molecule has 9 nitrogen and oxygen atoms in total. The van der Waals surface area contributed by atoms with Crippen LogP contribution in [0.1, 0.15) is 22.8 Å². The second-order valence-corrected chi connectivity index (χ2v) is 6.17. The lowest BCUT2D eigenvalue weighted by Crippen LogP contribution is -2.17. The van der Waals surface area contributed by atoms with E-state index in [0.29, 0.717) is 34.3 Å². The number of nitrogens with zero attached hydrogens (tertiary/aromatic N) is 1. The second kappa shape index (κ2) is 8.09. The first-order valence-corrected chi connectivity index (χ1v) is 8.75. The largest absolute Gasteiger partial charge is 0.455 e. The molecular weight excluding hydrogens is 382 g/mol. The summed E-state index contributed by atoms with van der Waals surface area (Å²) in [6.07, 6.45) is 0. The zero-order valence-electron chi connectivity index (χ0n) is 15.5. The van der Waals surface area contributed by atoms with E-state index in [2.05, 4.69) is 5.16 Å². The highest BCUT2D eigenvalue weighted by atomic mass is 16.7.